The predicted octanol–water partition coefficient (Wildman–Crippen LogP) is 3.08. The fraction of sp³-hybridized carbons (Fsp3) is 0.167. The quantitative estimate of drug-likeness (QED) is 0.439. The molecule has 0 aromatic carbocycles. The van der Waals surface area contributed by atoms with Crippen LogP contribution >= 0.6 is 45.8 Å². The molecule has 1 rings (SSSR count). The van der Waals surface area contributed by atoms with Crippen molar-refractivity contribution >= 4 is 45.8 Å². The summed E-state index contributed by atoms with van der Waals surface area (Å²) < 4.78 is 1.05. The molecule has 1 aromatic heterocycles. The fourth-order valence-corrected chi connectivity index (χ4v) is 1.52. The molecular formula is C6H4Cl2IN. The molecule has 1 heterocycles. The Hall–Kier alpha value is 0.460. The predicted molar refractivity (Wildman–Crippen MR) is 51.5 cm³/mol. The second kappa shape index (κ2) is 3.74. The molecule has 10 heavy (non-hydrogen) atoms. The normalized spacial score (nSPS) is 9.90. The molecule has 0 radical (unpaired) electrons. The van der Waals surface area contributed by atoms with Gasteiger partial charge in [-0.2, -0.15) is 0 Å². The summed E-state index contributed by atoms with van der Waals surface area (Å²) in [5.41, 5.74) is 0.884. The Bertz CT molecular complexity index is 239. The Balaban J connectivity index is 3.09. The summed E-state index contributed by atoms with van der Waals surface area (Å²) in [6.45, 7) is 0. The van der Waals surface area contributed by atoms with Gasteiger partial charge in [-0.3, -0.25) is 0 Å². The van der Waals surface area contributed by atoms with Crippen LogP contribution in [0.15, 0.2) is 12.3 Å². The summed E-state index contributed by atoms with van der Waals surface area (Å²) in [5, 5.41) is 0.496. The van der Waals surface area contributed by atoms with Crippen LogP contribution in [0.5, 0.6) is 0 Å². The van der Waals surface area contributed by atoms with E-state index in [9.17, 15) is 0 Å². The highest BCUT2D eigenvalue weighted by Gasteiger charge is 1.99. The van der Waals surface area contributed by atoms with Crippen molar-refractivity contribution < 1.29 is 0 Å². The van der Waals surface area contributed by atoms with Crippen LogP contribution < -0.4 is 0 Å². The Labute approximate surface area is 82.9 Å². The van der Waals surface area contributed by atoms with Gasteiger partial charge in [0.15, 0.2) is 0 Å². The van der Waals surface area contributed by atoms with Gasteiger partial charge in [-0.05, 0) is 28.7 Å². The molecule has 0 unspecified atom stereocenters. The number of alkyl halides is 1. The first-order chi connectivity index (χ1) is 4.74. The molecule has 0 spiro atoms. The highest BCUT2D eigenvalue weighted by molar-refractivity contribution is 14.1. The van der Waals surface area contributed by atoms with Crippen molar-refractivity contribution in [3.05, 3.63) is 26.5 Å². The van der Waals surface area contributed by atoms with Crippen molar-refractivity contribution in [3.63, 3.8) is 0 Å². The summed E-state index contributed by atoms with van der Waals surface area (Å²) in [6, 6.07) is 1.92. The molecule has 0 N–H and O–H groups in total. The van der Waals surface area contributed by atoms with Gasteiger partial charge in [0, 0.05) is 15.3 Å². The molecule has 1 aromatic rings. The Kier molecular flexibility index (Phi) is 3.20. The number of aromatic nitrogens is 1. The minimum Gasteiger partial charge on any atom is -0.243 e. The van der Waals surface area contributed by atoms with E-state index in [1.54, 1.807) is 6.20 Å². The summed E-state index contributed by atoms with van der Waals surface area (Å²) in [5.74, 6) is 0.419. The third-order valence-electron chi connectivity index (χ3n) is 1.02. The van der Waals surface area contributed by atoms with E-state index in [2.05, 4.69) is 27.6 Å². The molecule has 0 aliphatic heterocycles. The van der Waals surface area contributed by atoms with E-state index < -0.39 is 0 Å². The second-order valence-corrected chi connectivity index (χ2v) is 3.61. The number of pyridine rings is 1. The summed E-state index contributed by atoms with van der Waals surface area (Å²) in [7, 11) is 0. The minimum absolute atomic E-state index is 0.419. The first kappa shape index (κ1) is 8.56. The summed E-state index contributed by atoms with van der Waals surface area (Å²) >= 11 is 13.4. The molecule has 0 bridgehead atoms. The zero-order valence-electron chi connectivity index (χ0n) is 4.94. The first-order valence-electron chi connectivity index (χ1n) is 2.60. The largest absolute Gasteiger partial charge is 0.243 e. The first-order valence-corrected chi connectivity index (χ1v) is 4.59. The molecular weight excluding hydrogens is 284 g/mol. The Morgan fingerprint density at radius 2 is 2.30 bits per heavy atom. The number of hydrogen-bond donors (Lipinski definition) is 0. The van der Waals surface area contributed by atoms with Gasteiger partial charge >= 0.3 is 0 Å². The van der Waals surface area contributed by atoms with E-state index >= 15 is 0 Å². The van der Waals surface area contributed by atoms with Crippen LogP contribution in [0, 0.1) is 3.57 Å². The molecule has 1 nitrogen and oxygen atoms in total. The lowest BCUT2D eigenvalue weighted by atomic mass is 10.3. The topological polar surface area (TPSA) is 12.9 Å². The Morgan fingerprint density at radius 3 is 2.80 bits per heavy atom. The standard InChI is InChI=1S/C6H4Cl2IN/c7-2-4-1-5(9)3-10-6(4)8/h1,3H,2H2. The van der Waals surface area contributed by atoms with Crippen molar-refractivity contribution in [1.82, 2.24) is 4.98 Å². The van der Waals surface area contributed by atoms with Crippen molar-refractivity contribution in [2.45, 2.75) is 5.88 Å². The van der Waals surface area contributed by atoms with E-state index in [0.29, 0.717) is 11.0 Å². The van der Waals surface area contributed by atoms with Crippen LogP contribution in [0.3, 0.4) is 0 Å². The highest BCUT2D eigenvalue weighted by Crippen LogP contribution is 2.16. The van der Waals surface area contributed by atoms with Crippen LogP contribution in [-0.2, 0) is 5.88 Å². The maximum absolute atomic E-state index is 5.70. The van der Waals surface area contributed by atoms with Gasteiger partial charge in [0.1, 0.15) is 5.15 Å². The lowest BCUT2D eigenvalue weighted by Crippen LogP contribution is -1.85. The van der Waals surface area contributed by atoms with E-state index in [1.807, 2.05) is 6.07 Å². The number of nitrogens with zero attached hydrogens (tertiary/aromatic N) is 1. The molecule has 54 valence electrons. The van der Waals surface area contributed by atoms with Crippen molar-refractivity contribution in [2.24, 2.45) is 0 Å². The van der Waals surface area contributed by atoms with E-state index in [4.69, 9.17) is 23.2 Å². The highest BCUT2D eigenvalue weighted by atomic mass is 127. The molecule has 0 saturated heterocycles. The van der Waals surface area contributed by atoms with Gasteiger partial charge in [0.25, 0.3) is 0 Å². The average Bonchev–Trinajstić information content (AvgIpc) is 1.94. The van der Waals surface area contributed by atoms with Crippen molar-refractivity contribution in [2.75, 3.05) is 0 Å². The van der Waals surface area contributed by atoms with Crippen molar-refractivity contribution in [3.8, 4) is 0 Å². The third-order valence-corrected chi connectivity index (χ3v) is 2.24. The zero-order valence-corrected chi connectivity index (χ0v) is 8.61. The smallest absolute Gasteiger partial charge is 0.133 e. The van der Waals surface area contributed by atoms with Crippen LogP contribution in [0.25, 0.3) is 0 Å². The molecule has 4 heteroatoms. The molecule has 0 saturated carbocycles. The van der Waals surface area contributed by atoms with E-state index in [0.717, 1.165) is 9.13 Å². The van der Waals surface area contributed by atoms with Gasteiger partial charge in [-0.15, -0.1) is 11.6 Å². The minimum atomic E-state index is 0.419. The maximum atomic E-state index is 5.70. The van der Waals surface area contributed by atoms with Crippen molar-refractivity contribution in [1.29, 1.82) is 0 Å². The van der Waals surface area contributed by atoms with Gasteiger partial charge < -0.3 is 0 Å². The monoisotopic (exact) mass is 287 g/mol. The van der Waals surface area contributed by atoms with Gasteiger partial charge in [-0.1, -0.05) is 11.6 Å². The van der Waals surface area contributed by atoms with Gasteiger partial charge in [0.05, 0.1) is 5.88 Å². The molecule has 0 atom stereocenters. The second-order valence-electron chi connectivity index (χ2n) is 1.74. The number of halogens is 3. The van der Waals surface area contributed by atoms with Gasteiger partial charge in [0.2, 0.25) is 0 Å². The number of rotatable bonds is 1. The van der Waals surface area contributed by atoms with Crippen LogP contribution in [0.4, 0.5) is 0 Å². The lowest BCUT2D eigenvalue weighted by Gasteiger charge is -1.97. The molecule has 0 fully saturated rings. The Morgan fingerprint density at radius 1 is 1.60 bits per heavy atom. The SMILES string of the molecule is ClCc1cc(I)cnc1Cl. The zero-order chi connectivity index (χ0) is 7.56. The van der Waals surface area contributed by atoms with Crippen LogP contribution in [-0.4, -0.2) is 4.98 Å². The average molecular weight is 288 g/mol. The van der Waals surface area contributed by atoms with Crippen LogP contribution in [0.2, 0.25) is 5.15 Å². The molecule has 0 aliphatic rings. The van der Waals surface area contributed by atoms with Crippen LogP contribution in [0.1, 0.15) is 5.56 Å². The summed E-state index contributed by atoms with van der Waals surface area (Å²) in [6.07, 6.45) is 1.71. The number of hydrogen-bond acceptors (Lipinski definition) is 1. The fourth-order valence-electron chi connectivity index (χ4n) is 0.558. The lowest BCUT2D eigenvalue weighted by molar-refractivity contribution is 1.23. The summed E-state index contributed by atoms with van der Waals surface area (Å²) in [4.78, 5) is 3.92. The maximum Gasteiger partial charge on any atom is 0.133 e. The molecule has 0 aliphatic carbocycles. The van der Waals surface area contributed by atoms with E-state index in [1.165, 1.54) is 0 Å². The van der Waals surface area contributed by atoms with Gasteiger partial charge in [-0.25, -0.2) is 4.98 Å². The third kappa shape index (κ3) is 1.97. The molecule has 0 amide bonds. The van der Waals surface area contributed by atoms with E-state index in [-0.39, 0.29) is 0 Å².